The van der Waals surface area contributed by atoms with Crippen LogP contribution in [0, 0.1) is 13.8 Å². The van der Waals surface area contributed by atoms with Gasteiger partial charge in [-0.15, -0.1) is 0 Å². The van der Waals surface area contributed by atoms with Crippen LogP contribution in [0.1, 0.15) is 43.5 Å². The van der Waals surface area contributed by atoms with Crippen molar-refractivity contribution in [1.82, 2.24) is 14.6 Å². The van der Waals surface area contributed by atoms with Gasteiger partial charge in [0.05, 0.1) is 23.3 Å². The predicted molar refractivity (Wildman–Crippen MR) is 122 cm³/mol. The van der Waals surface area contributed by atoms with Gasteiger partial charge in [0.25, 0.3) is 5.56 Å². The minimum absolute atomic E-state index is 0.112. The molecule has 0 atom stereocenters. The number of methoxy groups -OCH3 is 1. The largest absolute Gasteiger partial charge is 0.383 e. The van der Waals surface area contributed by atoms with Gasteiger partial charge in [-0.3, -0.25) is 9.89 Å². The lowest BCUT2D eigenvalue weighted by Crippen LogP contribution is -2.26. The first-order valence-electron chi connectivity index (χ1n) is 10.3. The fourth-order valence-electron chi connectivity index (χ4n) is 3.64. The molecule has 3 aromatic rings. The first-order chi connectivity index (χ1) is 14.3. The normalized spacial score (nSPS) is 12.3. The summed E-state index contributed by atoms with van der Waals surface area (Å²) in [6, 6.07) is 6.18. The molecule has 0 spiro atoms. The van der Waals surface area contributed by atoms with Crippen LogP contribution in [0.25, 0.3) is 12.2 Å². The number of nitrogens with one attached hydrogen (secondary N) is 1. The smallest absolute Gasteiger partial charge is 0.275 e. The number of H-pyrrole nitrogens is 1. The number of rotatable bonds is 7. The summed E-state index contributed by atoms with van der Waals surface area (Å²) in [7, 11) is 1.71. The summed E-state index contributed by atoms with van der Waals surface area (Å²) in [4.78, 5) is 24.6. The summed E-state index contributed by atoms with van der Waals surface area (Å²) >= 11 is 0. The summed E-state index contributed by atoms with van der Waals surface area (Å²) in [6.07, 6.45) is 0. The van der Waals surface area contributed by atoms with E-state index < -0.39 is 0 Å². The highest BCUT2D eigenvalue weighted by Crippen LogP contribution is 2.24. The number of benzene rings is 1. The Hall–Kier alpha value is -2.93. The molecule has 0 aliphatic carbocycles. The molecule has 0 saturated heterocycles. The molecule has 3 rings (SSSR count). The van der Waals surface area contributed by atoms with Crippen molar-refractivity contribution in [3.63, 3.8) is 0 Å². The molecule has 0 unspecified atom stereocenters. The number of aromatic amines is 1. The van der Waals surface area contributed by atoms with Gasteiger partial charge in [-0.1, -0.05) is 20.4 Å². The number of anilines is 1. The van der Waals surface area contributed by atoms with Gasteiger partial charge in [-0.25, -0.2) is 9.98 Å². The minimum atomic E-state index is -0.112. The number of fused-ring (bicyclic) bond motifs is 1. The maximum absolute atomic E-state index is 12.8. The summed E-state index contributed by atoms with van der Waals surface area (Å²) in [5.74, 6) is 0.145. The van der Waals surface area contributed by atoms with Gasteiger partial charge < -0.3 is 9.64 Å². The summed E-state index contributed by atoms with van der Waals surface area (Å²) in [6.45, 7) is 16.5. The fraction of sp³-hybridized carbons (Fsp3) is 0.435. The van der Waals surface area contributed by atoms with Crippen LogP contribution >= 0.6 is 0 Å². The van der Waals surface area contributed by atoms with Gasteiger partial charge in [0.2, 0.25) is 0 Å². The third-order valence-electron chi connectivity index (χ3n) is 5.36. The molecule has 160 valence electrons. The molecule has 1 N–H and O–H groups in total. The number of hydrogen-bond acceptors (Lipinski definition) is 5. The number of nitrogens with zero attached hydrogens (tertiary/aromatic N) is 4. The molecule has 30 heavy (non-hydrogen) atoms. The van der Waals surface area contributed by atoms with Crippen molar-refractivity contribution < 1.29 is 4.74 Å². The Morgan fingerprint density at radius 2 is 2.07 bits per heavy atom. The minimum Gasteiger partial charge on any atom is -0.383 e. The average molecular weight is 410 g/mol. The third-order valence-corrected chi connectivity index (χ3v) is 5.36. The number of aryl methyl sites for hydroxylation is 1. The molecular formula is C23H31N5O2. The van der Waals surface area contributed by atoms with Crippen LogP contribution in [0.15, 0.2) is 28.0 Å². The molecule has 0 aliphatic heterocycles. The standard InChI is InChI=1S/C23H31N5O2/c1-8-27(11-12-30-7)18-9-10-19(15(4)13-18)24-21-17(6)26-28-22(21)25-20(14(2)3)16(5)23(28)29/h9-10,13-14,26H,6,8,11-12H2,1-5,7H3. The Labute approximate surface area is 176 Å². The Kier molecular flexibility index (Phi) is 6.41. The van der Waals surface area contributed by atoms with E-state index in [1.807, 2.05) is 33.8 Å². The molecule has 1 aromatic carbocycles. The Morgan fingerprint density at radius 3 is 2.67 bits per heavy atom. The fourth-order valence-corrected chi connectivity index (χ4v) is 3.64. The van der Waals surface area contributed by atoms with Crippen LogP contribution in [0.2, 0.25) is 0 Å². The van der Waals surface area contributed by atoms with Crippen molar-refractivity contribution in [1.29, 1.82) is 0 Å². The van der Waals surface area contributed by atoms with Crippen molar-refractivity contribution in [2.45, 2.75) is 40.5 Å². The van der Waals surface area contributed by atoms with Crippen LogP contribution < -0.4 is 21.2 Å². The van der Waals surface area contributed by atoms with E-state index in [1.54, 1.807) is 7.11 Å². The van der Waals surface area contributed by atoms with Gasteiger partial charge in [0.15, 0.2) is 5.65 Å². The quantitative estimate of drug-likeness (QED) is 0.651. The van der Waals surface area contributed by atoms with E-state index in [2.05, 4.69) is 35.6 Å². The highest BCUT2D eigenvalue weighted by molar-refractivity contribution is 5.58. The SMILES string of the molecule is C=c1[nH]n2c(=O)c(C)c(C(C)C)nc2c1=Nc1ccc(N(CC)CCOC)cc1C. The predicted octanol–water partition coefficient (Wildman–Crippen LogP) is 2.60. The van der Waals surface area contributed by atoms with Crippen LogP contribution in [0.5, 0.6) is 0 Å². The van der Waals surface area contributed by atoms with Gasteiger partial charge in [0, 0.05) is 31.5 Å². The van der Waals surface area contributed by atoms with Crippen LogP contribution in [-0.2, 0) is 4.74 Å². The average Bonchev–Trinajstić information content (AvgIpc) is 3.02. The van der Waals surface area contributed by atoms with Gasteiger partial charge in [-0.2, -0.15) is 4.52 Å². The lowest BCUT2D eigenvalue weighted by molar-refractivity contribution is 0.205. The van der Waals surface area contributed by atoms with Gasteiger partial charge >= 0.3 is 0 Å². The van der Waals surface area contributed by atoms with Crippen molar-refractivity contribution >= 4 is 23.6 Å². The topological polar surface area (TPSA) is 75.0 Å². The molecule has 0 amide bonds. The Balaban J connectivity index is 2.14. The molecule has 0 fully saturated rings. The lowest BCUT2D eigenvalue weighted by Gasteiger charge is -2.23. The van der Waals surface area contributed by atoms with Crippen molar-refractivity contribution in [3.05, 3.63) is 56.1 Å². The molecule has 2 heterocycles. The van der Waals surface area contributed by atoms with Crippen molar-refractivity contribution in [3.8, 4) is 0 Å². The molecule has 7 heteroatoms. The number of ether oxygens (including phenoxy) is 1. The number of hydrogen-bond donors (Lipinski definition) is 1. The maximum atomic E-state index is 12.8. The van der Waals surface area contributed by atoms with E-state index in [9.17, 15) is 4.79 Å². The number of aromatic nitrogens is 3. The highest BCUT2D eigenvalue weighted by Gasteiger charge is 2.15. The summed E-state index contributed by atoms with van der Waals surface area (Å²) in [5.41, 5.74) is 4.84. The van der Waals surface area contributed by atoms with E-state index in [1.165, 1.54) is 4.52 Å². The zero-order chi connectivity index (χ0) is 22.0. The van der Waals surface area contributed by atoms with E-state index in [0.29, 0.717) is 28.5 Å². The maximum Gasteiger partial charge on any atom is 0.275 e. The first kappa shape index (κ1) is 21.8. The summed E-state index contributed by atoms with van der Waals surface area (Å²) in [5, 5.41) is 4.18. The van der Waals surface area contributed by atoms with E-state index in [-0.39, 0.29) is 11.5 Å². The second kappa shape index (κ2) is 8.83. The Morgan fingerprint density at radius 1 is 1.33 bits per heavy atom. The molecular weight excluding hydrogens is 378 g/mol. The van der Waals surface area contributed by atoms with Crippen LogP contribution in [0.3, 0.4) is 0 Å². The zero-order valence-corrected chi connectivity index (χ0v) is 18.7. The molecule has 0 bridgehead atoms. The second-order valence-electron chi connectivity index (χ2n) is 7.83. The molecule has 0 radical (unpaired) electrons. The molecule has 0 saturated carbocycles. The van der Waals surface area contributed by atoms with Crippen LogP contribution in [0.4, 0.5) is 11.4 Å². The second-order valence-corrected chi connectivity index (χ2v) is 7.83. The molecule has 7 nitrogen and oxygen atoms in total. The van der Waals surface area contributed by atoms with Gasteiger partial charge in [-0.05, 0) is 50.5 Å². The highest BCUT2D eigenvalue weighted by atomic mass is 16.5. The Bertz CT molecular complexity index is 1220. The zero-order valence-electron chi connectivity index (χ0n) is 18.7. The molecule has 2 aromatic heterocycles. The van der Waals surface area contributed by atoms with Gasteiger partial charge in [0.1, 0.15) is 5.36 Å². The van der Waals surface area contributed by atoms with Crippen LogP contribution in [-0.4, -0.2) is 41.4 Å². The monoisotopic (exact) mass is 409 g/mol. The molecule has 0 aliphatic rings. The van der Waals surface area contributed by atoms with Crippen molar-refractivity contribution in [2.75, 3.05) is 31.7 Å². The first-order valence-corrected chi connectivity index (χ1v) is 10.3. The lowest BCUT2D eigenvalue weighted by atomic mass is 10.1. The number of likely N-dealkylation sites (N-methyl/N-ethyl adjacent to an activating group) is 1. The third kappa shape index (κ3) is 4.03. The van der Waals surface area contributed by atoms with E-state index in [0.717, 1.165) is 35.7 Å². The van der Waals surface area contributed by atoms with Crippen molar-refractivity contribution in [2.24, 2.45) is 4.99 Å². The summed E-state index contributed by atoms with van der Waals surface area (Å²) < 4.78 is 6.65. The van der Waals surface area contributed by atoms with E-state index in [4.69, 9.17) is 14.7 Å². The van der Waals surface area contributed by atoms with E-state index >= 15 is 0 Å².